The molecule has 0 bridgehead atoms. The van der Waals surface area contributed by atoms with Crippen LogP contribution in [-0.2, 0) is 4.79 Å². The van der Waals surface area contributed by atoms with Gasteiger partial charge in [0.1, 0.15) is 5.75 Å². The highest BCUT2D eigenvalue weighted by Gasteiger charge is 2.07. The number of nitrogens with zero attached hydrogens (tertiary/aromatic N) is 4. The summed E-state index contributed by atoms with van der Waals surface area (Å²) < 4.78 is 7.38. The number of rotatable bonds is 4. The molecule has 1 aromatic carbocycles. The number of carbonyl (C=O) groups excluding carboxylic acids is 1. The van der Waals surface area contributed by atoms with Crippen LogP contribution in [0.15, 0.2) is 42.5 Å². The van der Waals surface area contributed by atoms with Crippen molar-refractivity contribution in [2.24, 2.45) is 0 Å². The Bertz CT molecular complexity index is 854. The third kappa shape index (κ3) is 3.57. The number of hydrogen-bond acceptors (Lipinski definition) is 5. The van der Waals surface area contributed by atoms with E-state index in [1.54, 1.807) is 41.1 Å². The van der Waals surface area contributed by atoms with Gasteiger partial charge in [0.2, 0.25) is 11.8 Å². The van der Waals surface area contributed by atoms with Crippen molar-refractivity contribution < 1.29 is 9.53 Å². The topological polar surface area (TPSA) is 81.9 Å². The van der Waals surface area contributed by atoms with E-state index in [9.17, 15) is 4.79 Å². The fourth-order valence-corrected chi connectivity index (χ4v) is 2.27. The third-order valence-electron chi connectivity index (χ3n) is 3.25. The number of nitrogens with one attached hydrogen (secondary N) is 1. The van der Waals surface area contributed by atoms with Gasteiger partial charge in [-0.3, -0.25) is 4.79 Å². The number of carbonyl (C=O) groups is 1. The van der Waals surface area contributed by atoms with Crippen molar-refractivity contribution in [1.29, 1.82) is 0 Å². The first kappa shape index (κ1) is 15.7. The molecule has 1 N–H and O–H groups in total. The van der Waals surface area contributed by atoms with Crippen LogP contribution in [0, 0.1) is 13.8 Å². The summed E-state index contributed by atoms with van der Waals surface area (Å²) in [5.41, 5.74) is 2.62. The maximum absolute atomic E-state index is 11.0. The summed E-state index contributed by atoms with van der Waals surface area (Å²) >= 11 is 0. The number of ether oxygens (including phenoxy) is 1. The van der Waals surface area contributed by atoms with E-state index in [0.717, 1.165) is 11.4 Å². The van der Waals surface area contributed by atoms with Crippen molar-refractivity contribution in [1.82, 2.24) is 20.0 Å². The van der Waals surface area contributed by atoms with Gasteiger partial charge >= 0.3 is 0 Å². The number of aryl methyl sites for hydroxylation is 2. The van der Waals surface area contributed by atoms with Gasteiger partial charge in [0.15, 0.2) is 5.82 Å². The standard InChI is InChI=1S/C17H17N5O2/c1-11-10-12(2)22(21-11)16-8-9-17(20-19-16)24-15-6-4-14(5-7-15)18-13(3)23/h4-10H,1-3H3,(H,18,23). The first-order valence-corrected chi connectivity index (χ1v) is 7.44. The van der Waals surface area contributed by atoms with Crippen molar-refractivity contribution in [3.63, 3.8) is 0 Å². The quantitative estimate of drug-likeness (QED) is 0.798. The van der Waals surface area contributed by atoms with Gasteiger partial charge in [0.25, 0.3) is 0 Å². The lowest BCUT2D eigenvalue weighted by atomic mass is 10.3. The smallest absolute Gasteiger partial charge is 0.238 e. The monoisotopic (exact) mass is 323 g/mol. The van der Waals surface area contributed by atoms with Crippen LogP contribution in [0.4, 0.5) is 5.69 Å². The molecule has 0 aliphatic carbocycles. The predicted octanol–water partition coefficient (Wildman–Crippen LogP) is 3.03. The lowest BCUT2D eigenvalue weighted by molar-refractivity contribution is -0.114. The number of benzene rings is 1. The average Bonchev–Trinajstić information content (AvgIpc) is 2.88. The van der Waals surface area contributed by atoms with Crippen molar-refractivity contribution in [2.45, 2.75) is 20.8 Å². The van der Waals surface area contributed by atoms with E-state index in [1.165, 1.54) is 6.92 Å². The summed E-state index contributed by atoms with van der Waals surface area (Å²) in [4.78, 5) is 11.0. The van der Waals surface area contributed by atoms with Crippen molar-refractivity contribution in [3.8, 4) is 17.4 Å². The molecule has 0 saturated heterocycles. The molecular formula is C17H17N5O2. The molecule has 0 aliphatic rings. The maximum atomic E-state index is 11.0. The van der Waals surface area contributed by atoms with Crippen LogP contribution < -0.4 is 10.1 Å². The van der Waals surface area contributed by atoms with Crippen LogP contribution in [-0.4, -0.2) is 25.9 Å². The third-order valence-corrected chi connectivity index (χ3v) is 3.25. The molecule has 0 radical (unpaired) electrons. The zero-order chi connectivity index (χ0) is 17.1. The zero-order valence-corrected chi connectivity index (χ0v) is 13.6. The molecule has 3 rings (SSSR count). The summed E-state index contributed by atoms with van der Waals surface area (Å²) in [6.45, 7) is 5.35. The Kier molecular flexibility index (Phi) is 4.24. The summed E-state index contributed by atoms with van der Waals surface area (Å²) in [6.07, 6.45) is 0. The Morgan fingerprint density at radius 3 is 2.38 bits per heavy atom. The molecule has 7 nitrogen and oxygen atoms in total. The van der Waals surface area contributed by atoms with Crippen LogP contribution in [0.2, 0.25) is 0 Å². The SMILES string of the molecule is CC(=O)Nc1ccc(Oc2ccc(-n3nc(C)cc3C)nn2)cc1. The molecule has 0 atom stereocenters. The van der Waals surface area contributed by atoms with Gasteiger partial charge < -0.3 is 10.1 Å². The number of aromatic nitrogens is 4. The molecule has 3 aromatic rings. The van der Waals surface area contributed by atoms with Crippen LogP contribution in [0.1, 0.15) is 18.3 Å². The summed E-state index contributed by atoms with van der Waals surface area (Å²) in [6, 6.07) is 12.5. The molecule has 24 heavy (non-hydrogen) atoms. The second kappa shape index (κ2) is 6.49. The van der Waals surface area contributed by atoms with E-state index in [2.05, 4.69) is 20.6 Å². The van der Waals surface area contributed by atoms with E-state index in [1.807, 2.05) is 19.9 Å². The minimum Gasteiger partial charge on any atom is -0.438 e. The maximum Gasteiger partial charge on any atom is 0.238 e. The van der Waals surface area contributed by atoms with E-state index in [-0.39, 0.29) is 5.91 Å². The molecule has 0 saturated carbocycles. The fraction of sp³-hybridized carbons (Fsp3) is 0.176. The zero-order valence-electron chi connectivity index (χ0n) is 13.6. The molecule has 0 aliphatic heterocycles. The highest BCUT2D eigenvalue weighted by Crippen LogP contribution is 2.21. The van der Waals surface area contributed by atoms with Crippen LogP contribution in [0.25, 0.3) is 5.82 Å². The fourth-order valence-electron chi connectivity index (χ4n) is 2.27. The Morgan fingerprint density at radius 1 is 1.08 bits per heavy atom. The molecule has 2 aromatic heterocycles. The summed E-state index contributed by atoms with van der Waals surface area (Å²) in [5.74, 6) is 1.51. The molecule has 0 fully saturated rings. The first-order valence-electron chi connectivity index (χ1n) is 7.44. The van der Waals surface area contributed by atoms with Crippen LogP contribution in [0.5, 0.6) is 11.6 Å². The second-order valence-electron chi connectivity index (χ2n) is 5.38. The largest absolute Gasteiger partial charge is 0.438 e. The van der Waals surface area contributed by atoms with Gasteiger partial charge in [-0.15, -0.1) is 10.2 Å². The molecular weight excluding hydrogens is 306 g/mol. The molecule has 0 unspecified atom stereocenters. The first-order chi connectivity index (χ1) is 11.5. The molecule has 1 amide bonds. The van der Waals surface area contributed by atoms with Crippen molar-refractivity contribution in [3.05, 3.63) is 53.9 Å². The summed E-state index contributed by atoms with van der Waals surface area (Å²) in [5, 5.41) is 15.3. The van der Waals surface area contributed by atoms with E-state index in [4.69, 9.17) is 4.74 Å². The average molecular weight is 323 g/mol. The Hall–Kier alpha value is -3.22. The highest BCUT2D eigenvalue weighted by molar-refractivity contribution is 5.88. The normalized spacial score (nSPS) is 10.5. The van der Waals surface area contributed by atoms with Crippen molar-refractivity contribution in [2.75, 3.05) is 5.32 Å². The highest BCUT2D eigenvalue weighted by atomic mass is 16.5. The Balaban J connectivity index is 1.72. The van der Waals surface area contributed by atoms with Gasteiger partial charge in [-0.1, -0.05) is 0 Å². The molecule has 2 heterocycles. The van der Waals surface area contributed by atoms with Gasteiger partial charge in [-0.25, -0.2) is 4.68 Å². The number of amides is 1. The van der Waals surface area contributed by atoms with Gasteiger partial charge in [0, 0.05) is 24.4 Å². The minimum absolute atomic E-state index is 0.116. The summed E-state index contributed by atoms with van der Waals surface area (Å²) in [7, 11) is 0. The van der Waals surface area contributed by atoms with Crippen LogP contribution in [0.3, 0.4) is 0 Å². The van der Waals surface area contributed by atoms with E-state index < -0.39 is 0 Å². The van der Waals surface area contributed by atoms with Gasteiger partial charge in [-0.2, -0.15) is 5.10 Å². The van der Waals surface area contributed by atoms with Gasteiger partial charge in [-0.05, 0) is 50.2 Å². The van der Waals surface area contributed by atoms with Gasteiger partial charge in [0.05, 0.1) is 5.69 Å². The number of anilines is 1. The van der Waals surface area contributed by atoms with Crippen molar-refractivity contribution >= 4 is 11.6 Å². The lowest BCUT2D eigenvalue weighted by Crippen LogP contribution is -2.05. The molecule has 7 heteroatoms. The lowest BCUT2D eigenvalue weighted by Gasteiger charge is -2.07. The molecule has 122 valence electrons. The minimum atomic E-state index is -0.116. The molecule has 0 spiro atoms. The van der Waals surface area contributed by atoms with E-state index >= 15 is 0 Å². The Morgan fingerprint density at radius 2 is 1.83 bits per heavy atom. The number of hydrogen-bond donors (Lipinski definition) is 1. The second-order valence-corrected chi connectivity index (χ2v) is 5.38. The Labute approximate surface area is 139 Å². The predicted molar refractivity (Wildman–Crippen MR) is 89.4 cm³/mol. The van der Waals surface area contributed by atoms with E-state index in [0.29, 0.717) is 23.1 Å². The van der Waals surface area contributed by atoms with Crippen LogP contribution >= 0.6 is 0 Å².